The maximum Gasteiger partial charge on any atom is 0.317 e. The predicted octanol–water partition coefficient (Wildman–Crippen LogP) is -2.03. The zero-order valence-corrected chi connectivity index (χ0v) is 19.9. The molecule has 0 unspecified atom stereocenters. The molecule has 36 heavy (non-hydrogen) atoms. The number of aliphatic carboxylic acids is 3. The Morgan fingerprint density at radius 1 is 0.833 bits per heavy atom. The Labute approximate surface area is 208 Å². The Kier molecular flexibility index (Phi) is 15.0. The number of hydrogen-bond donors (Lipinski definition) is 6. The molecule has 14 nitrogen and oxygen atoms in total. The van der Waals surface area contributed by atoms with Crippen LogP contribution in [0.5, 0.6) is 0 Å². The fourth-order valence-corrected chi connectivity index (χ4v) is 3.13. The van der Waals surface area contributed by atoms with Gasteiger partial charge in [0.25, 0.3) is 0 Å². The lowest BCUT2D eigenvalue weighted by Gasteiger charge is -2.25. The van der Waals surface area contributed by atoms with Crippen LogP contribution in [0.3, 0.4) is 0 Å². The number of benzene rings is 1. The Morgan fingerprint density at radius 2 is 1.44 bits per heavy atom. The predicted molar refractivity (Wildman–Crippen MR) is 126 cm³/mol. The highest BCUT2D eigenvalue weighted by Gasteiger charge is 2.17. The lowest BCUT2D eigenvalue weighted by atomic mass is 10.1. The van der Waals surface area contributed by atoms with Crippen LogP contribution >= 0.6 is 0 Å². The molecule has 200 valence electrons. The van der Waals surface area contributed by atoms with Gasteiger partial charge in [-0.05, 0) is 17.5 Å². The highest BCUT2D eigenvalue weighted by molar-refractivity contribution is 5.78. The summed E-state index contributed by atoms with van der Waals surface area (Å²) < 4.78 is 0. The average molecular weight is 512 g/mol. The quantitative estimate of drug-likeness (QED) is 0.0602. The molecule has 0 saturated heterocycles. The molecule has 14 heteroatoms. The number of nitrogens with one attached hydrogen (secondary N) is 3. The number of hydroxylamine groups is 1. The standard InChI is InChI=1S/C22H33N5O9/c28-16-25-36-10-5-17-1-3-18(4-2-17)11-24-19(29)13-26(7-6-23-12-20(30)31)8-9-27(14-21(32)33)15-22(34)35/h1-4,16,23H,5-15H2,(H,24,29)(H,25,28)(H,30,31)(H,32,33)(H,34,35). The molecule has 0 aliphatic rings. The summed E-state index contributed by atoms with van der Waals surface area (Å²) in [5.74, 6) is -3.65. The number of carboxylic acids is 3. The number of amides is 2. The number of rotatable bonds is 21. The van der Waals surface area contributed by atoms with Gasteiger partial charge in [0, 0.05) is 32.7 Å². The lowest BCUT2D eigenvalue weighted by molar-refractivity contribution is -0.142. The van der Waals surface area contributed by atoms with Crippen LogP contribution in [0.1, 0.15) is 11.1 Å². The third kappa shape index (κ3) is 15.3. The number of carbonyl (C=O) groups excluding carboxylic acids is 2. The molecule has 0 atom stereocenters. The summed E-state index contributed by atoms with van der Waals surface area (Å²) in [5, 5.41) is 32.3. The van der Waals surface area contributed by atoms with Gasteiger partial charge in [-0.2, -0.15) is 0 Å². The molecule has 6 N–H and O–H groups in total. The van der Waals surface area contributed by atoms with Crippen LogP contribution in [0.2, 0.25) is 0 Å². The van der Waals surface area contributed by atoms with Gasteiger partial charge in [0.05, 0.1) is 32.8 Å². The third-order valence-corrected chi connectivity index (χ3v) is 4.84. The molecule has 0 bridgehead atoms. The lowest BCUT2D eigenvalue weighted by Crippen LogP contribution is -2.45. The minimum Gasteiger partial charge on any atom is -0.480 e. The largest absolute Gasteiger partial charge is 0.480 e. The molecule has 0 aromatic heterocycles. The summed E-state index contributed by atoms with van der Waals surface area (Å²) in [6.45, 7) is 0.257. The monoisotopic (exact) mass is 511 g/mol. The van der Waals surface area contributed by atoms with Crippen molar-refractivity contribution in [2.45, 2.75) is 13.0 Å². The topological polar surface area (TPSA) is 198 Å². The van der Waals surface area contributed by atoms with E-state index in [4.69, 9.17) is 20.2 Å². The molecule has 0 radical (unpaired) electrons. The van der Waals surface area contributed by atoms with Crippen LogP contribution in [0.25, 0.3) is 0 Å². The van der Waals surface area contributed by atoms with E-state index in [1.807, 2.05) is 24.3 Å². The van der Waals surface area contributed by atoms with Crippen LogP contribution in [0, 0.1) is 0 Å². The first-order chi connectivity index (χ1) is 17.2. The van der Waals surface area contributed by atoms with E-state index < -0.39 is 31.0 Å². The molecular formula is C22H33N5O9. The summed E-state index contributed by atoms with van der Waals surface area (Å²) in [6, 6.07) is 7.47. The number of carbonyl (C=O) groups is 5. The molecule has 1 aromatic carbocycles. The van der Waals surface area contributed by atoms with Crippen molar-refractivity contribution in [2.24, 2.45) is 0 Å². The minimum absolute atomic E-state index is 0.0398. The van der Waals surface area contributed by atoms with Crippen LogP contribution in [-0.2, 0) is 41.8 Å². The fourth-order valence-electron chi connectivity index (χ4n) is 3.13. The Balaban J connectivity index is 2.59. The van der Waals surface area contributed by atoms with Crippen molar-refractivity contribution >= 4 is 30.2 Å². The summed E-state index contributed by atoms with van der Waals surface area (Å²) in [5.41, 5.74) is 3.97. The first-order valence-corrected chi connectivity index (χ1v) is 11.2. The normalized spacial score (nSPS) is 10.8. The Morgan fingerprint density at radius 3 is 2.03 bits per heavy atom. The Hall–Kier alpha value is -3.59. The highest BCUT2D eigenvalue weighted by Crippen LogP contribution is 2.05. The molecule has 1 aromatic rings. The zero-order valence-electron chi connectivity index (χ0n) is 19.9. The minimum atomic E-state index is -1.17. The van der Waals surface area contributed by atoms with E-state index in [9.17, 15) is 24.0 Å². The highest BCUT2D eigenvalue weighted by atomic mass is 16.6. The van der Waals surface area contributed by atoms with E-state index >= 15 is 0 Å². The van der Waals surface area contributed by atoms with Gasteiger partial charge in [-0.3, -0.25) is 38.6 Å². The number of nitrogens with zero attached hydrogens (tertiary/aromatic N) is 2. The van der Waals surface area contributed by atoms with Gasteiger partial charge in [-0.1, -0.05) is 24.3 Å². The van der Waals surface area contributed by atoms with Crippen LogP contribution < -0.4 is 16.1 Å². The molecule has 0 fully saturated rings. The molecular weight excluding hydrogens is 478 g/mol. The Bertz CT molecular complexity index is 835. The third-order valence-electron chi connectivity index (χ3n) is 4.84. The van der Waals surface area contributed by atoms with Gasteiger partial charge in [-0.25, -0.2) is 5.48 Å². The van der Waals surface area contributed by atoms with Gasteiger partial charge in [-0.15, -0.1) is 0 Å². The second-order valence-electron chi connectivity index (χ2n) is 7.77. The summed E-state index contributed by atoms with van der Waals surface area (Å²) in [7, 11) is 0. The maximum absolute atomic E-state index is 12.5. The van der Waals surface area contributed by atoms with Crippen LogP contribution in [-0.4, -0.2) is 114 Å². The van der Waals surface area contributed by atoms with Crippen molar-refractivity contribution in [3.05, 3.63) is 35.4 Å². The van der Waals surface area contributed by atoms with Crippen molar-refractivity contribution < 1.29 is 44.1 Å². The van der Waals surface area contributed by atoms with Crippen LogP contribution in [0.15, 0.2) is 24.3 Å². The summed E-state index contributed by atoms with van der Waals surface area (Å²) in [4.78, 5) is 63.2. The van der Waals surface area contributed by atoms with E-state index in [1.165, 1.54) is 4.90 Å². The summed E-state index contributed by atoms with van der Waals surface area (Å²) >= 11 is 0. The van der Waals surface area contributed by atoms with Gasteiger partial charge < -0.3 is 26.0 Å². The first-order valence-electron chi connectivity index (χ1n) is 11.2. The second-order valence-corrected chi connectivity index (χ2v) is 7.77. The molecule has 0 aliphatic carbocycles. The van der Waals surface area contributed by atoms with E-state index in [1.54, 1.807) is 4.90 Å². The zero-order chi connectivity index (χ0) is 26.8. The first kappa shape index (κ1) is 30.4. The molecule has 2 amide bonds. The maximum atomic E-state index is 12.5. The van der Waals surface area contributed by atoms with Crippen molar-refractivity contribution in [1.82, 2.24) is 25.9 Å². The average Bonchev–Trinajstić information content (AvgIpc) is 2.81. The van der Waals surface area contributed by atoms with Gasteiger partial charge in [0.2, 0.25) is 12.3 Å². The molecule has 1 rings (SSSR count). The number of hydrogen-bond acceptors (Lipinski definition) is 9. The molecule has 0 heterocycles. The number of carboxylic acid groups (broad SMARTS) is 3. The second kappa shape index (κ2) is 17.8. The molecule has 0 saturated carbocycles. The summed E-state index contributed by atoms with van der Waals surface area (Å²) in [6.07, 6.45) is 1.04. The van der Waals surface area contributed by atoms with Crippen molar-refractivity contribution in [1.29, 1.82) is 0 Å². The van der Waals surface area contributed by atoms with Crippen molar-refractivity contribution in [3.63, 3.8) is 0 Å². The molecule has 0 aliphatic heterocycles. The van der Waals surface area contributed by atoms with E-state index in [2.05, 4.69) is 16.1 Å². The smallest absolute Gasteiger partial charge is 0.317 e. The van der Waals surface area contributed by atoms with E-state index in [-0.39, 0.29) is 45.2 Å². The fraction of sp³-hybridized carbons (Fsp3) is 0.500. The molecule has 0 spiro atoms. The van der Waals surface area contributed by atoms with E-state index in [0.29, 0.717) is 26.0 Å². The van der Waals surface area contributed by atoms with Crippen LogP contribution in [0.4, 0.5) is 0 Å². The van der Waals surface area contributed by atoms with Gasteiger partial charge in [0.1, 0.15) is 0 Å². The van der Waals surface area contributed by atoms with E-state index in [0.717, 1.165) is 11.1 Å². The van der Waals surface area contributed by atoms with Crippen molar-refractivity contribution in [2.75, 3.05) is 59.0 Å². The van der Waals surface area contributed by atoms with Crippen molar-refractivity contribution in [3.8, 4) is 0 Å². The SMILES string of the molecule is O=CNOCCc1ccc(CNC(=O)CN(CCNCC(=O)O)CCN(CC(=O)O)CC(=O)O)cc1. The van der Waals surface area contributed by atoms with Gasteiger partial charge in [0.15, 0.2) is 0 Å². The van der Waals surface area contributed by atoms with Gasteiger partial charge >= 0.3 is 17.9 Å².